The van der Waals surface area contributed by atoms with Gasteiger partial charge in [0.25, 0.3) is 0 Å². The second-order valence-corrected chi connectivity index (χ2v) is 5.60. The van der Waals surface area contributed by atoms with E-state index in [4.69, 9.17) is 5.73 Å². The molecule has 1 fully saturated rings. The van der Waals surface area contributed by atoms with Gasteiger partial charge in [-0.05, 0) is 19.3 Å². The fourth-order valence-electron chi connectivity index (χ4n) is 1.21. The highest BCUT2D eigenvalue weighted by atomic mass is 32.2. The van der Waals surface area contributed by atoms with Crippen LogP contribution in [0.5, 0.6) is 0 Å². The topological polar surface area (TPSA) is 72.2 Å². The second-order valence-electron chi connectivity index (χ2n) is 3.76. The van der Waals surface area contributed by atoms with Crippen molar-refractivity contribution in [3.8, 4) is 0 Å². The molecule has 1 aliphatic carbocycles. The van der Waals surface area contributed by atoms with E-state index in [9.17, 15) is 8.42 Å². The maximum Gasteiger partial charge on any atom is 0.212 e. The van der Waals surface area contributed by atoms with Crippen molar-refractivity contribution in [3.63, 3.8) is 0 Å². The Morgan fingerprint density at radius 3 is 2.46 bits per heavy atom. The van der Waals surface area contributed by atoms with Gasteiger partial charge >= 0.3 is 0 Å². The predicted molar refractivity (Wildman–Crippen MR) is 52.8 cm³/mol. The van der Waals surface area contributed by atoms with E-state index < -0.39 is 10.0 Å². The monoisotopic (exact) mass is 206 g/mol. The van der Waals surface area contributed by atoms with Gasteiger partial charge in [0.15, 0.2) is 0 Å². The number of nitrogens with one attached hydrogen (secondary N) is 1. The van der Waals surface area contributed by atoms with Gasteiger partial charge in [0, 0.05) is 12.1 Å². The van der Waals surface area contributed by atoms with Crippen molar-refractivity contribution in [1.29, 1.82) is 0 Å². The van der Waals surface area contributed by atoms with Crippen molar-refractivity contribution < 1.29 is 8.42 Å². The third-order valence-electron chi connectivity index (χ3n) is 2.38. The molecule has 0 heterocycles. The summed E-state index contributed by atoms with van der Waals surface area (Å²) in [5.41, 5.74) is 5.19. The van der Waals surface area contributed by atoms with Gasteiger partial charge in [0.05, 0.1) is 5.75 Å². The van der Waals surface area contributed by atoms with Gasteiger partial charge in [-0.2, -0.15) is 0 Å². The molecule has 13 heavy (non-hydrogen) atoms. The smallest absolute Gasteiger partial charge is 0.212 e. The Balaban J connectivity index is 2.43. The van der Waals surface area contributed by atoms with Crippen LogP contribution in [0.15, 0.2) is 0 Å². The molecule has 4 nitrogen and oxygen atoms in total. The van der Waals surface area contributed by atoms with E-state index in [0.717, 1.165) is 25.7 Å². The van der Waals surface area contributed by atoms with Crippen LogP contribution in [0.4, 0.5) is 0 Å². The van der Waals surface area contributed by atoms with Crippen molar-refractivity contribution in [2.45, 2.75) is 38.1 Å². The first-order valence-electron chi connectivity index (χ1n) is 4.75. The summed E-state index contributed by atoms with van der Waals surface area (Å²) in [6.07, 6.45) is 3.39. The third-order valence-corrected chi connectivity index (χ3v) is 3.95. The summed E-state index contributed by atoms with van der Waals surface area (Å²) in [6, 6.07) is 0. The highest BCUT2D eigenvalue weighted by Gasteiger charge is 2.44. The molecule has 1 saturated carbocycles. The number of unbranched alkanes of at least 4 members (excludes halogenated alkanes) is 1. The standard InChI is InChI=1S/C8H18N2O2S/c1-2-3-6-13(11,12)10-8(7-9)4-5-8/h10H,2-7,9H2,1H3. The minimum Gasteiger partial charge on any atom is -0.329 e. The van der Waals surface area contributed by atoms with Gasteiger partial charge < -0.3 is 5.73 Å². The normalized spacial score (nSPS) is 20.2. The van der Waals surface area contributed by atoms with Crippen molar-refractivity contribution in [3.05, 3.63) is 0 Å². The van der Waals surface area contributed by atoms with Crippen molar-refractivity contribution in [2.24, 2.45) is 5.73 Å². The van der Waals surface area contributed by atoms with Crippen molar-refractivity contribution in [2.75, 3.05) is 12.3 Å². The van der Waals surface area contributed by atoms with E-state index in [0.29, 0.717) is 6.54 Å². The Bertz CT molecular complexity index is 257. The lowest BCUT2D eigenvalue weighted by Crippen LogP contribution is -2.43. The second kappa shape index (κ2) is 3.94. The Morgan fingerprint density at radius 2 is 2.08 bits per heavy atom. The summed E-state index contributed by atoms with van der Waals surface area (Å²) in [5.74, 6) is 0.227. The summed E-state index contributed by atoms with van der Waals surface area (Å²) in [4.78, 5) is 0. The van der Waals surface area contributed by atoms with E-state index >= 15 is 0 Å². The molecule has 5 heteroatoms. The minimum atomic E-state index is -3.08. The third kappa shape index (κ3) is 3.25. The van der Waals surface area contributed by atoms with Crippen LogP contribution in [0.1, 0.15) is 32.6 Å². The summed E-state index contributed by atoms with van der Waals surface area (Å²) < 4.78 is 25.6. The quantitative estimate of drug-likeness (QED) is 0.652. The molecule has 0 spiro atoms. The maximum absolute atomic E-state index is 11.4. The first-order valence-corrected chi connectivity index (χ1v) is 6.40. The lowest BCUT2D eigenvalue weighted by atomic mass is 10.3. The van der Waals surface area contributed by atoms with Crippen LogP contribution in [0, 0.1) is 0 Å². The number of sulfonamides is 1. The molecular weight excluding hydrogens is 188 g/mol. The Morgan fingerprint density at radius 1 is 1.46 bits per heavy atom. The zero-order valence-corrected chi connectivity index (χ0v) is 8.86. The molecular formula is C8H18N2O2S. The highest BCUT2D eigenvalue weighted by Crippen LogP contribution is 2.34. The molecule has 0 aromatic rings. The van der Waals surface area contributed by atoms with Gasteiger partial charge in [0.1, 0.15) is 0 Å². The summed E-state index contributed by atoms with van der Waals surface area (Å²) >= 11 is 0. The van der Waals surface area contributed by atoms with Gasteiger partial charge in [0.2, 0.25) is 10.0 Å². The molecule has 0 radical (unpaired) electrons. The molecule has 0 aromatic carbocycles. The van der Waals surface area contributed by atoms with E-state index in [1.807, 2.05) is 6.92 Å². The molecule has 0 atom stereocenters. The molecule has 3 N–H and O–H groups in total. The summed E-state index contributed by atoms with van der Waals surface area (Å²) in [7, 11) is -3.08. The number of hydrogen-bond acceptors (Lipinski definition) is 3. The first kappa shape index (κ1) is 10.9. The average Bonchev–Trinajstić information content (AvgIpc) is 2.81. The lowest BCUT2D eigenvalue weighted by molar-refractivity contribution is 0.542. The van der Waals surface area contributed by atoms with E-state index in [-0.39, 0.29) is 11.3 Å². The Labute approximate surface area is 79.9 Å². The summed E-state index contributed by atoms with van der Waals surface area (Å²) in [6.45, 7) is 2.39. The zero-order chi connectivity index (χ0) is 9.95. The van der Waals surface area contributed by atoms with Crippen LogP contribution in [0.3, 0.4) is 0 Å². The largest absolute Gasteiger partial charge is 0.329 e. The first-order chi connectivity index (χ1) is 6.04. The van der Waals surface area contributed by atoms with E-state index in [2.05, 4.69) is 4.72 Å². The number of rotatable bonds is 6. The minimum absolute atomic E-state index is 0.227. The summed E-state index contributed by atoms with van der Waals surface area (Å²) in [5, 5.41) is 0. The Hall–Kier alpha value is -0.130. The van der Waals surface area contributed by atoms with Crippen LogP contribution < -0.4 is 10.5 Å². The van der Waals surface area contributed by atoms with Crippen LogP contribution >= 0.6 is 0 Å². The fraction of sp³-hybridized carbons (Fsp3) is 1.00. The van der Waals surface area contributed by atoms with Crippen molar-refractivity contribution in [1.82, 2.24) is 4.72 Å². The average molecular weight is 206 g/mol. The molecule has 0 unspecified atom stereocenters. The van der Waals surface area contributed by atoms with E-state index in [1.54, 1.807) is 0 Å². The molecule has 0 saturated heterocycles. The van der Waals surface area contributed by atoms with Crippen molar-refractivity contribution >= 4 is 10.0 Å². The maximum atomic E-state index is 11.4. The molecule has 78 valence electrons. The number of hydrogen-bond donors (Lipinski definition) is 2. The molecule has 1 rings (SSSR count). The van der Waals surface area contributed by atoms with Gasteiger partial charge in [-0.3, -0.25) is 0 Å². The lowest BCUT2D eigenvalue weighted by Gasteiger charge is -2.14. The van der Waals surface area contributed by atoms with Crippen LogP contribution in [0.2, 0.25) is 0 Å². The molecule has 0 bridgehead atoms. The molecule has 0 aliphatic heterocycles. The van der Waals surface area contributed by atoms with E-state index in [1.165, 1.54) is 0 Å². The van der Waals surface area contributed by atoms with Gasteiger partial charge in [-0.15, -0.1) is 0 Å². The Kier molecular flexibility index (Phi) is 3.32. The number of nitrogens with two attached hydrogens (primary N) is 1. The highest BCUT2D eigenvalue weighted by molar-refractivity contribution is 7.89. The molecule has 1 aliphatic rings. The molecule has 0 amide bonds. The molecule has 0 aromatic heterocycles. The van der Waals surface area contributed by atoms with Crippen LogP contribution in [-0.2, 0) is 10.0 Å². The SMILES string of the molecule is CCCCS(=O)(=O)NC1(CN)CC1. The zero-order valence-electron chi connectivity index (χ0n) is 8.04. The predicted octanol–water partition coefficient (Wildman–Crippen LogP) is 0.197. The van der Waals surface area contributed by atoms with Gasteiger partial charge in [-0.25, -0.2) is 13.1 Å². The fourth-order valence-corrected chi connectivity index (χ4v) is 2.93. The van der Waals surface area contributed by atoms with Crippen LogP contribution in [-0.4, -0.2) is 26.3 Å². The van der Waals surface area contributed by atoms with Crippen LogP contribution in [0.25, 0.3) is 0 Å². The van der Waals surface area contributed by atoms with Gasteiger partial charge in [-0.1, -0.05) is 13.3 Å².